The van der Waals surface area contributed by atoms with Gasteiger partial charge in [-0.2, -0.15) is 9.57 Å². The fourth-order valence-electron chi connectivity index (χ4n) is 2.31. The number of nitrogens with zero attached hydrogens (tertiary/aromatic N) is 2. The van der Waals surface area contributed by atoms with Crippen molar-refractivity contribution in [1.82, 2.24) is 9.62 Å². The zero-order valence-electron chi connectivity index (χ0n) is 9.93. The Kier molecular flexibility index (Phi) is 4.02. The third-order valence-corrected chi connectivity index (χ3v) is 5.03. The van der Waals surface area contributed by atoms with Gasteiger partial charge in [0, 0.05) is 18.6 Å². The summed E-state index contributed by atoms with van der Waals surface area (Å²) in [7, 11) is -3.38. The van der Waals surface area contributed by atoms with Crippen molar-refractivity contribution in [3.8, 4) is 6.07 Å². The number of hydrogen-bond acceptors (Lipinski definition) is 4. The fraction of sp³-hybridized carbons (Fsp3) is 0.909. The molecule has 0 radical (unpaired) electrons. The lowest BCUT2D eigenvalue weighted by molar-refractivity contribution is 0.308. The maximum atomic E-state index is 12.0. The van der Waals surface area contributed by atoms with Crippen molar-refractivity contribution in [3.63, 3.8) is 0 Å². The molecule has 1 aliphatic carbocycles. The van der Waals surface area contributed by atoms with E-state index in [1.165, 1.54) is 6.42 Å². The highest BCUT2D eigenvalue weighted by Gasteiger charge is 2.38. The molecule has 2 fully saturated rings. The molecule has 1 heterocycles. The Bertz CT molecular complexity index is 391. The third kappa shape index (κ3) is 3.41. The highest BCUT2D eigenvalue weighted by molar-refractivity contribution is 7.89. The van der Waals surface area contributed by atoms with Crippen LogP contribution >= 0.6 is 0 Å². The monoisotopic (exact) mass is 257 g/mol. The van der Waals surface area contributed by atoms with Crippen LogP contribution in [0.1, 0.15) is 32.1 Å². The molecule has 0 spiro atoms. The molecule has 6 heteroatoms. The summed E-state index contributed by atoms with van der Waals surface area (Å²) in [5, 5.41) is 11.9. The molecule has 2 aliphatic rings. The molecule has 96 valence electrons. The summed E-state index contributed by atoms with van der Waals surface area (Å²) in [6.07, 6.45) is 5.25. The average molecular weight is 257 g/mol. The number of hydrogen-bond donors (Lipinski definition) is 1. The molecule has 1 saturated heterocycles. The minimum absolute atomic E-state index is 0.150. The van der Waals surface area contributed by atoms with Gasteiger partial charge in [-0.3, -0.25) is 0 Å². The maximum Gasteiger partial charge on any atom is 0.227 e. The molecule has 0 aromatic rings. The van der Waals surface area contributed by atoms with Gasteiger partial charge < -0.3 is 5.32 Å². The lowest BCUT2D eigenvalue weighted by atomic mass is 10.1. The van der Waals surface area contributed by atoms with Crippen molar-refractivity contribution in [2.24, 2.45) is 0 Å². The lowest BCUT2D eigenvalue weighted by Gasteiger charge is -2.29. The summed E-state index contributed by atoms with van der Waals surface area (Å²) in [5.41, 5.74) is 0. The summed E-state index contributed by atoms with van der Waals surface area (Å²) in [4.78, 5) is 0. The van der Waals surface area contributed by atoms with E-state index < -0.39 is 15.8 Å². The number of nitrogens with one attached hydrogen (secondary N) is 1. The molecule has 1 atom stereocenters. The molecule has 1 unspecified atom stereocenters. The van der Waals surface area contributed by atoms with E-state index in [1.807, 2.05) is 0 Å². The van der Waals surface area contributed by atoms with Crippen LogP contribution in [0.4, 0.5) is 0 Å². The zero-order chi connectivity index (χ0) is 12.3. The number of piperidine rings is 1. The number of rotatable bonds is 5. The van der Waals surface area contributed by atoms with Crippen LogP contribution in [0.5, 0.6) is 0 Å². The third-order valence-electron chi connectivity index (χ3n) is 3.37. The highest BCUT2D eigenvalue weighted by Crippen LogP contribution is 2.30. The van der Waals surface area contributed by atoms with E-state index >= 15 is 0 Å². The van der Waals surface area contributed by atoms with Crippen molar-refractivity contribution >= 4 is 10.0 Å². The standard InChI is InChI=1S/C11H19N3O2S/c12-6-8-17(15,16)14(11-4-5-11)9-10-3-1-2-7-13-10/h10-11,13H,1-5,7-9H2. The van der Waals surface area contributed by atoms with E-state index in [1.54, 1.807) is 10.4 Å². The molecule has 1 saturated carbocycles. The SMILES string of the molecule is N#CCS(=O)(=O)N(CC1CCCCN1)C1CC1. The molecular weight excluding hydrogens is 238 g/mol. The molecule has 0 aromatic carbocycles. The summed E-state index contributed by atoms with van der Waals surface area (Å²) >= 11 is 0. The maximum absolute atomic E-state index is 12.0. The minimum atomic E-state index is -3.38. The van der Waals surface area contributed by atoms with Crippen LogP contribution in [-0.4, -0.2) is 43.6 Å². The van der Waals surface area contributed by atoms with Gasteiger partial charge in [0.1, 0.15) is 0 Å². The van der Waals surface area contributed by atoms with E-state index in [2.05, 4.69) is 5.32 Å². The Hall–Kier alpha value is -0.640. The smallest absolute Gasteiger partial charge is 0.227 e. The molecule has 1 aliphatic heterocycles. The second-order valence-electron chi connectivity index (χ2n) is 4.86. The highest BCUT2D eigenvalue weighted by atomic mass is 32.2. The molecule has 0 aromatic heterocycles. The number of sulfonamides is 1. The largest absolute Gasteiger partial charge is 0.313 e. The van der Waals surface area contributed by atoms with Crippen LogP contribution in [0.2, 0.25) is 0 Å². The van der Waals surface area contributed by atoms with E-state index in [4.69, 9.17) is 5.26 Å². The first kappa shape index (κ1) is 12.8. The van der Waals surface area contributed by atoms with Crippen molar-refractivity contribution < 1.29 is 8.42 Å². The Morgan fingerprint density at radius 3 is 2.59 bits per heavy atom. The average Bonchev–Trinajstić information content (AvgIpc) is 3.11. The van der Waals surface area contributed by atoms with Gasteiger partial charge in [0.15, 0.2) is 5.75 Å². The van der Waals surface area contributed by atoms with Crippen LogP contribution in [-0.2, 0) is 10.0 Å². The summed E-state index contributed by atoms with van der Waals surface area (Å²) in [6.45, 7) is 1.51. The molecule has 5 nitrogen and oxygen atoms in total. The Balaban J connectivity index is 2.00. The van der Waals surface area contributed by atoms with Gasteiger partial charge in [-0.25, -0.2) is 8.42 Å². The second kappa shape index (κ2) is 5.34. The predicted molar refractivity (Wildman–Crippen MR) is 64.8 cm³/mol. The first-order valence-corrected chi connectivity index (χ1v) is 7.84. The van der Waals surface area contributed by atoms with Crippen LogP contribution in [0.15, 0.2) is 0 Å². The Morgan fingerprint density at radius 2 is 2.06 bits per heavy atom. The lowest BCUT2D eigenvalue weighted by Crippen LogP contribution is -2.47. The van der Waals surface area contributed by atoms with Gasteiger partial charge in [-0.1, -0.05) is 6.42 Å². The quantitative estimate of drug-likeness (QED) is 0.776. The van der Waals surface area contributed by atoms with Gasteiger partial charge in [-0.15, -0.1) is 0 Å². The van der Waals surface area contributed by atoms with E-state index in [-0.39, 0.29) is 12.1 Å². The topological polar surface area (TPSA) is 73.2 Å². The molecule has 0 bridgehead atoms. The van der Waals surface area contributed by atoms with E-state index in [0.717, 1.165) is 32.2 Å². The molecular formula is C11H19N3O2S. The molecule has 0 amide bonds. The van der Waals surface area contributed by atoms with Gasteiger partial charge in [0.05, 0.1) is 6.07 Å². The normalized spacial score (nSPS) is 25.8. The molecule has 1 N–H and O–H groups in total. The van der Waals surface area contributed by atoms with Crippen LogP contribution in [0, 0.1) is 11.3 Å². The van der Waals surface area contributed by atoms with Crippen LogP contribution in [0.25, 0.3) is 0 Å². The number of nitriles is 1. The van der Waals surface area contributed by atoms with E-state index in [9.17, 15) is 8.42 Å². The van der Waals surface area contributed by atoms with Gasteiger partial charge >= 0.3 is 0 Å². The first-order valence-electron chi connectivity index (χ1n) is 6.23. The Morgan fingerprint density at radius 1 is 1.29 bits per heavy atom. The second-order valence-corrected chi connectivity index (χ2v) is 6.78. The van der Waals surface area contributed by atoms with Crippen molar-refractivity contribution in [1.29, 1.82) is 5.26 Å². The first-order chi connectivity index (χ1) is 8.13. The zero-order valence-corrected chi connectivity index (χ0v) is 10.7. The fourth-order valence-corrected chi connectivity index (χ4v) is 3.71. The van der Waals surface area contributed by atoms with Crippen LogP contribution < -0.4 is 5.32 Å². The van der Waals surface area contributed by atoms with Gasteiger partial charge in [0.25, 0.3) is 0 Å². The Labute approximate surface area is 103 Å². The molecule has 17 heavy (non-hydrogen) atoms. The predicted octanol–water partition coefficient (Wildman–Crippen LogP) is 0.446. The summed E-state index contributed by atoms with van der Waals surface area (Å²) in [5.74, 6) is -0.393. The van der Waals surface area contributed by atoms with E-state index in [0.29, 0.717) is 6.54 Å². The van der Waals surface area contributed by atoms with Gasteiger partial charge in [0.2, 0.25) is 10.0 Å². The summed E-state index contributed by atoms with van der Waals surface area (Å²) in [6, 6.07) is 2.17. The van der Waals surface area contributed by atoms with Gasteiger partial charge in [-0.05, 0) is 32.2 Å². The van der Waals surface area contributed by atoms with Crippen molar-refractivity contribution in [2.75, 3.05) is 18.8 Å². The summed E-state index contributed by atoms with van der Waals surface area (Å²) < 4.78 is 25.5. The van der Waals surface area contributed by atoms with Crippen molar-refractivity contribution in [3.05, 3.63) is 0 Å². The van der Waals surface area contributed by atoms with Crippen LogP contribution in [0.3, 0.4) is 0 Å². The molecule has 2 rings (SSSR count). The van der Waals surface area contributed by atoms with Crippen molar-refractivity contribution in [2.45, 2.75) is 44.2 Å². The minimum Gasteiger partial charge on any atom is -0.313 e.